The van der Waals surface area contributed by atoms with Gasteiger partial charge in [-0.1, -0.05) is 81.4 Å². The third-order valence-electron chi connectivity index (χ3n) is 2.84. The van der Waals surface area contributed by atoms with E-state index in [1.807, 2.05) is 6.92 Å². The largest absolute Gasteiger partial charge is 0.103 e. The summed E-state index contributed by atoms with van der Waals surface area (Å²) in [5.74, 6) is 0. The first-order chi connectivity index (χ1) is 8.99. The summed E-state index contributed by atoms with van der Waals surface area (Å²) < 4.78 is 0. The van der Waals surface area contributed by atoms with Gasteiger partial charge in [-0.2, -0.15) is 0 Å². The number of benzene rings is 2. The normalized spacial score (nSPS) is 10.3. The van der Waals surface area contributed by atoms with Gasteiger partial charge in [0.25, 0.3) is 0 Å². The Balaban J connectivity index is 0.000000550. The van der Waals surface area contributed by atoms with Crippen molar-refractivity contribution >= 4 is 0 Å². The molecular weight excluding hydrogens is 228 g/mol. The molecule has 0 fully saturated rings. The van der Waals surface area contributed by atoms with E-state index in [9.17, 15) is 0 Å². The molecule has 0 aliphatic carbocycles. The highest BCUT2D eigenvalue weighted by Gasteiger charge is 2.13. The van der Waals surface area contributed by atoms with E-state index in [2.05, 4.69) is 81.9 Å². The van der Waals surface area contributed by atoms with Crippen molar-refractivity contribution in [3.63, 3.8) is 0 Å². The quantitative estimate of drug-likeness (QED) is 0.559. The van der Waals surface area contributed by atoms with E-state index in [1.54, 1.807) is 6.08 Å². The molecule has 100 valence electrons. The lowest BCUT2D eigenvalue weighted by atomic mass is 9.85. The first kappa shape index (κ1) is 15.2. The van der Waals surface area contributed by atoms with Crippen molar-refractivity contribution in [1.82, 2.24) is 0 Å². The second-order valence-corrected chi connectivity index (χ2v) is 5.61. The van der Waals surface area contributed by atoms with Gasteiger partial charge in [0.15, 0.2) is 0 Å². The first-order valence-corrected chi connectivity index (χ1v) is 6.72. The minimum Gasteiger partial charge on any atom is -0.103 e. The van der Waals surface area contributed by atoms with Crippen LogP contribution in [0.2, 0.25) is 0 Å². The lowest BCUT2D eigenvalue weighted by Gasteiger charge is -2.19. The van der Waals surface area contributed by atoms with Crippen molar-refractivity contribution in [2.45, 2.75) is 33.1 Å². The van der Waals surface area contributed by atoms with Gasteiger partial charge >= 0.3 is 0 Å². The standard InChI is InChI=1S/C16H18.C3H6/c1-16(2,3)15-11-7-10-14(12-15)13-8-5-4-6-9-13;1-3-2/h4-12H,1-3H3;3H,1H2,2H3. The van der Waals surface area contributed by atoms with Gasteiger partial charge in [-0.3, -0.25) is 0 Å². The van der Waals surface area contributed by atoms with Crippen LogP contribution < -0.4 is 0 Å². The van der Waals surface area contributed by atoms with E-state index in [1.165, 1.54) is 16.7 Å². The number of allylic oxidation sites excluding steroid dienone is 1. The summed E-state index contributed by atoms with van der Waals surface area (Å²) in [5, 5.41) is 0. The lowest BCUT2D eigenvalue weighted by Crippen LogP contribution is -2.10. The summed E-state index contributed by atoms with van der Waals surface area (Å²) >= 11 is 0. The maximum Gasteiger partial charge on any atom is -0.0132 e. The monoisotopic (exact) mass is 252 g/mol. The summed E-state index contributed by atoms with van der Waals surface area (Å²) in [6, 6.07) is 19.3. The lowest BCUT2D eigenvalue weighted by molar-refractivity contribution is 0.590. The molecular formula is C19H24. The van der Waals surface area contributed by atoms with E-state index < -0.39 is 0 Å². The SMILES string of the molecule is C=CC.CC(C)(C)c1cccc(-c2ccccc2)c1. The zero-order valence-corrected chi connectivity index (χ0v) is 12.5. The van der Waals surface area contributed by atoms with E-state index in [-0.39, 0.29) is 5.41 Å². The Bertz CT molecular complexity index is 501. The van der Waals surface area contributed by atoms with Gasteiger partial charge < -0.3 is 0 Å². The molecule has 0 heteroatoms. The third-order valence-corrected chi connectivity index (χ3v) is 2.84. The van der Waals surface area contributed by atoms with Gasteiger partial charge in [-0.05, 0) is 29.0 Å². The van der Waals surface area contributed by atoms with Gasteiger partial charge in [-0.15, -0.1) is 6.58 Å². The maximum absolute atomic E-state index is 3.36. The third kappa shape index (κ3) is 4.75. The van der Waals surface area contributed by atoms with E-state index in [4.69, 9.17) is 0 Å². The van der Waals surface area contributed by atoms with Crippen LogP contribution in [0.5, 0.6) is 0 Å². The minimum absolute atomic E-state index is 0.213. The van der Waals surface area contributed by atoms with Crippen LogP contribution in [-0.2, 0) is 5.41 Å². The fourth-order valence-corrected chi connectivity index (χ4v) is 1.80. The number of hydrogen-bond donors (Lipinski definition) is 0. The minimum atomic E-state index is 0.213. The molecule has 2 rings (SSSR count). The van der Waals surface area contributed by atoms with Gasteiger partial charge in [0.05, 0.1) is 0 Å². The molecule has 0 nitrogen and oxygen atoms in total. The molecule has 0 unspecified atom stereocenters. The number of hydrogen-bond acceptors (Lipinski definition) is 0. The molecule has 2 aromatic rings. The predicted octanol–water partition coefficient (Wildman–Crippen LogP) is 5.84. The molecule has 0 aliphatic heterocycles. The summed E-state index contributed by atoms with van der Waals surface area (Å²) in [5.41, 5.74) is 4.18. The molecule has 0 atom stereocenters. The van der Waals surface area contributed by atoms with Gasteiger partial charge in [0.1, 0.15) is 0 Å². The Labute approximate surface area is 117 Å². The average molecular weight is 252 g/mol. The fourth-order valence-electron chi connectivity index (χ4n) is 1.80. The van der Waals surface area contributed by atoms with Crippen LogP contribution >= 0.6 is 0 Å². The highest BCUT2D eigenvalue weighted by molar-refractivity contribution is 5.64. The van der Waals surface area contributed by atoms with Crippen LogP contribution in [0.15, 0.2) is 67.3 Å². The van der Waals surface area contributed by atoms with Crippen LogP contribution in [-0.4, -0.2) is 0 Å². The molecule has 0 saturated carbocycles. The van der Waals surface area contributed by atoms with Crippen LogP contribution in [0.1, 0.15) is 33.3 Å². The molecule has 0 heterocycles. The Kier molecular flexibility index (Phi) is 5.57. The Hall–Kier alpha value is -1.82. The molecule has 0 radical (unpaired) electrons. The van der Waals surface area contributed by atoms with Gasteiger partial charge in [-0.25, -0.2) is 0 Å². The summed E-state index contributed by atoms with van der Waals surface area (Å²) in [7, 11) is 0. The van der Waals surface area contributed by atoms with Crippen LogP contribution in [0, 0.1) is 0 Å². The Morgan fingerprint density at radius 2 is 1.37 bits per heavy atom. The summed E-state index contributed by atoms with van der Waals surface area (Å²) in [6.07, 6.45) is 1.75. The zero-order chi connectivity index (χ0) is 14.3. The molecule has 0 bridgehead atoms. The predicted molar refractivity (Wildman–Crippen MR) is 86.4 cm³/mol. The smallest absolute Gasteiger partial charge is 0.0132 e. The Morgan fingerprint density at radius 3 is 1.89 bits per heavy atom. The van der Waals surface area contributed by atoms with Crippen molar-refractivity contribution in [2.24, 2.45) is 0 Å². The van der Waals surface area contributed by atoms with Gasteiger partial charge in [0.2, 0.25) is 0 Å². The first-order valence-electron chi connectivity index (χ1n) is 6.72. The second kappa shape index (κ2) is 6.94. The summed E-state index contributed by atoms with van der Waals surface area (Å²) in [4.78, 5) is 0. The van der Waals surface area contributed by atoms with E-state index >= 15 is 0 Å². The topological polar surface area (TPSA) is 0 Å². The van der Waals surface area contributed by atoms with Crippen molar-refractivity contribution < 1.29 is 0 Å². The second-order valence-electron chi connectivity index (χ2n) is 5.61. The molecule has 0 aliphatic rings. The Morgan fingerprint density at radius 1 is 0.842 bits per heavy atom. The van der Waals surface area contributed by atoms with Crippen molar-refractivity contribution in [3.05, 3.63) is 72.8 Å². The molecule has 0 saturated heterocycles. The van der Waals surface area contributed by atoms with Crippen LogP contribution in [0.4, 0.5) is 0 Å². The fraction of sp³-hybridized carbons (Fsp3) is 0.263. The van der Waals surface area contributed by atoms with Crippen molar-refractivity contribution in [2.75, 3.05) is 0 Å². The summed E-state index contributed by atoms with van der Waals surface area (Å²) in [6.45, 7) is 12.0. The van der Waals surface area contributed by atoms with Gasteiger partial charge in [0, 0.05) is 0 Å². The highest BCUT2D eigenvalue weighted by atomic mass is 14.2. The van der Waals surface area contributed by atoms with Crippen molar-refractivity contribution in [3.8, 4) is 11.1 Å². The maximum atomic E-state index is 3.36. The van der Waals surface area contributed by atoms with E-state index in [0.29, 0.717) is 0 Å². The highest BCUT2D eigenvalue weighted by Crippen LogP contribution is 2.27. The van der Waals surface area contributed by atoms with Crippen LogP contribution in [0.25, 0.3) is 11.1 Å². The molecule has 0 amide bonds. The zero-order valence-electron chi connectivity index (χ0n) is 12.5. The molecule has 0 N–H and O–H groups in total. The molecule has 19 heavy (non-hydrogen) atoms. The molecule has 0 spiro atoms. The van der Waals surface area contributed by atoms with E-state index in [0.717, 1.165) is 0 Å². The molecule has 0 aromatic heterocycles. The van der Waals surface area contributed by atoms with Crippen molar-refractivity contribution in [1.29, 1.82) is 0 Å². The average Bonchev–Trinajstić information content (AvgIpc) is 2.40. The molecule has 2 aromatic carbocycles. The number of rotatable bonds is 1. The van der Waals surface area contributed by atoms with Crippen LogP contribution in [0.3, 0.4) is 0 Å².